The Labute approximate surface area is 185 Å². The monoisotopic (exact) mass is 519 g/mol. The number of hydrogen-bond acceptors (Lipinski definition) is 0. The summed E-state index contributed by atoms with van der Waals surface area (Å²) in [6.07, 6.45) is 0. The van der Waals surface area contributed by atoms with Gasteiger partial charge in [0.05, 0.1) is 0 Å². The average Bonchev–Trinajstić information content (AvgIpc) is 2.68. The van der Waals surface area contributed by atoms with E-state index < -0.39 is 25.6 Å². The minimum Gasteiger partial charge on any atom is -0.269 e. The molecule has 30 heavy (non-hydrogen) atoms. The summed E-state index contributed by atoms with van der Waals surface area (Å²) >= 11 is -2.51. The SMILES string of the molecule is CC(C)([CH2][Sn]([CH2]C(C)(C)c1ccccc1)[c]1ccc(F)cc1F)c1ccccc1.F. The van der Waals surface area contributed by atoms with E-state index in [4.69, 9.17) is 0 Å². The number of rotatable bonds is 7. The van der Waals surface area contributed by atoms with Crippen LogP contribution in [0.3, 0.4) is 0 Å². The topological polar surface area (TPSA) is 0 Å². The van der Waals surface area contributed by atoms with Crippen LogP contribution in [-0.4, -0.2) is 19.8 Å². The van der Waals surface area contributed by atoms with Crippen molar-refractivity contribution in [1.82, 2.24) is 0 Å². The van der Waals surface area contributed by atoms with E-state index in [0.29, 0.717) is 0 Å². The van der Waals surface area contributed by atoms with E-state index in [2.05, 4.69) is 76.2 Å². The molecule has 0 amide bonds. The average molecular weight is 518 g/mol. The van der Waals surface area contributed by atoms with Gasteiger partial charge in [-0.15, -0.1) is 0 Å². The summed E-state index contributed by atoms with van der Waals surface area (Å²) in [7, 11) is 0. The van der Waals surface area contributed by atoms with Crippen LogP contribution in [0.4, 0.5) is 13.5 Å². The zero-order valence-corrected chi connectivity index (χ0v) is 20.9. The molecule has 159 valence electrons. The quantitative estimate of drug-likeness (QED) is 0.303. The summed E-state index contributed by atoms with van der Waals surface area (Å²) in [6, 6.07) is 25.1. The normalized spacial score (nSPS) is 12.0. The molecule has 0 aliphatic rings. The van der Waals surface area contributed by atoms with Crippen LogP contribution in [0.2, 0.25) is 8.87 Å². The van der Waals surface area contributed by atoms with Crippen molar-refractivity contribution in [2.24, 2.45) is 0 Å². The molecule has 3 rings (SSSR count). The van der Waals surface area contributed by atoms with Gasteiger partial charge in [0.15, 0.2) is 0 Å². The number of benzene rings is 3. The molecular weight excluding hydrogens is 488 g/mol. The predicted molar refractivity (Wildman–Crippen MR) is 123 cm³/mol. The molecule has 0 aliphatic carbocycles. The van der Waals surface area contributed by atoms with Crippen molar-refractivity contribution in [3.8, 4) is 0 Å². The largest absolute Gasteiger partial charge is 0.269 e. The molecule has 3 aromatic rings. The van der Waals surface area contributed by atoms with Crippen molar-refractivity contribution in [1.29, 1.82) is 0 Å². The van der Waals surface area contributed by atoms with Crippen LogP contribution in [0.15, 0.2) is 78.9 Å². The fourth-order valence-electron chi connectivity index (χ4n) is 4.08. The van der Waals surface area contributed by atoms with Crippen LogP contribution in [0.5, 0.6) is 0 Å². The summed E-state index contributed by atoms with van der Waals surface area (Å²) in [6.45, 7) is 9.00. The summed E-state index contributed by atoms with van der Waals surface area (Å²) < 4.78 is 31.2. The minimum absolute atomic E-state index is 0. The van der Waals surface area contributed by atoms with Gasteiger partial charge in [-0.3, -0.25) is 4.70 Å². The molecule has 3 aromatic carbocycles. The first kappa shape index (κ1) is 24.5. The third kappa shape index (κ3) is 5.90. The van der Waals surface area contributed by atoms with E-state index in [1.165, 1.54) is 17.2 Å². The van der Waals surface area contributed by atoms with Crippen LogP contribution < -0.4 is 3.58 Å². The molecule has 0 N–H and O–H groups in total. The van der Waals surface area contributed by atoms with Crippen LogP contribution in [0.25, 0.3) is 0 Å². The second-order valence-corrected chi connectivity index (χ2v) is 16.1. The van der Waals surface area contributed by atoms with Gasteiger partial charge in [-0.2, -0.15) is 0 Å². The molecule has 0 unspecified atom stereocenters. The van der Waals surface area contributed by atoms with Gasteiger partial charge in [0.1, 0.15) is 0 Å². The van der Waals surface area contributed by atoms with Gasteiger partial charge in [0, 0.05) is 0 Å². The standard InChI is InChI=1S/2C10H13.C6H3F2.FH.Sn/c2*1-10(2,3)9-7-5-4-6-8-9;7-5-2-1-3-6(8)4-5;;/h2*4-8H,1H2,2-3H3;1-2,4H;1H;. The maximum atomic E-state index is 14.9. The number of halogens is 3. The van der Waals surface area contributed by atoms with Gasteiger partial charge in [-0.05, 0) is 0 Å². The van der Waals surface area contributed by atoms with E-state index in [-0.39, 0.29) is 21.4 Å². The Morgan fingerprint density at radius 1 is 0.667 bits per heavy atom. The summed E-state index contributed by atoms with van der Waals surface area (Å²) in [4.78, 5) is 0. The van der Waals surface area contributed by atoms with Gasteiger partial charge in [0.25, 0.3) is 0 Å². The Morgan fingerprint density at radius 2 is 1.10 bits per heavy atom. The van der Waals surface area contributed by atoms with E-state index >= 15 is 0 Å². The zero-order valence-electron chi connectivity index (χ0n) is 18.1. The van der Waals surface area contributed by atoms with Gasteiger partial charge in [-0.1, -0.05) is 0 Å². The van der Waals surface area contributed by atoms with Gasteiger partial charge in [0.2, 0.25) is 0 Å². The summed E-state index contributed by atoms with van der Waals surface area (Å²) in [5.41, 5.74) is 2.45. The Kier molecular flexibility index (Phi) is 8.20. The van der Waals surface area contributed by atoms with Gasteiger partial charge in [-0.25, -0.2) is 0 Å². The number of hydrogen-bond donors (Lipinski definition) is 0. The zero-order chi connectivity index (χ0) is 21.1. The maximum absolute atomic E-state index is 14.9. The van der Waals surface area contributed by atoms with Crippen LogP contribution in [-0.2, 0) is 10.8 Å². The molecule has 0 aromatic heterocycles. The minimum atomic E-state index is -2.51. The molecule has 0 nitrogen and oxygen atoms in total. The maximum Gasteiger partial charge on any atom is -0.269 e. The van der Waals surface area contributed by atoms with E-state index in [0.717, 1.165) is 18.5 Å². The first-order chi connectivity index (χ1) is 13.7. The van der Waals surface area contributed by atoms with Crippen molar-refractivity contribution in [3.63, 3.8) is 0 Å². The van der Waals surface area contributed by atoms with Crippen molar-refractivity contribution in [3.05, 3.63) is 102 Å². The Bertz CT molecular complexity index is 884. The smallest absolute Gasteiger partial charge is 0.269 e. The molecule has 0 heterocycles. The van der Waals surface area contributed by atoms with Gasteiger partial charge >= 0.3 is 181 Å². The van der Waals surface area contributed by atoms with Crippen LogP contribution >= 0.6 is 0 Å². The third-order valence-electron chi connectivity index (χ3n) is 5.73. The summed E-state index contributed by atoms with van der Waals surface area (Å²) in [5, 5.41) is 0. The van der Waals surface area contributed by atoms with E-state index in [9.17, 15) is 8.78 Å². The molecule has 1 radical (unpaired) electrons. The Hall–Kier alpha value is -1.75. The second-order valence-electron chi connectivity index (χ2n) is 9.08. The molecule has 0 atom stereocenters. The molecule has 0 spiro atoms. The third-order valence-corrected chi connectivity index (χ3v) is 16.5. The van der Waals surface area contributed by atoms with Crippen molar-refractivity contribution < 1.29 is 13.5 Å². The molecule has 0 fully saturated rings. The molecule has 0 aliphatic heterocycles. The van der Waals surface area contributed by atoms with Crippen LogP contribution in [0.1, 0.15) is 38.8 Å². The molecule has 0 saturated heterocycles. The summed E-state index contributed by atoms with van der Waals surface area (Å²) in [5.74, 6) is -0.870. The molecule has 4 heteroatoms. The predicted octanol–water partition coefficient (Wildman–Crippen LogP) is 6.77. The van der Waals surface area contributed by atoms with Crippen LogP contribution in [0, 0.1) is 11.6 Å². The van der Waals surface area contributed by atoms with Gasteiger partial charge < -0.3 is 0 Å². The Balaban J connectivity index is 0.00000320. The van der Waals surface area contributed by atoms with E-state index in [1.807, 2.05) is 12.1 Å². The van der Waals surface area contributed by atoms with Crippen molar-refractivity contribution in [2.45, 2.75) is 47.4 Å². The Morgan fingerprint density at radius 3 is 1.50 bits per heavy atom. The fourth-order valence-corrected chi connectivity index (χ4v) is 14.9. The first-order valence-electron chi connectivity index (χ1n) is 10.1. The first-order valence-corrected chi connectivity index (χ1v) is 15.6. The van der Waals surface area contributed by atoms with Crippen molar-refractivity contribution in [2.75, 3.05) is 0 Å². The molecular formula is C26H30F3Sn. The van der Waals surface area contributed by atoms with Crippen molar-refractivity contribution >= 4 is 23.3 Å². The fraction of sp³-hybridized carbons (Fsp3) is 0.308. The molecule has 0 bridgehead atoms. The molecule has 0 saturated carbocycles. The second kappa shape index (κ2) is 10.0. The van der Waals surface area contributed by atoms with E-state index in [1.54, 1.807) is 6.07 Å².